The number of rotatable bonds is 7. The molecule has 0 saturated carbocycles. The van der Waals surface area contributed by atoms with Gasteiger partial charge in [-0.25, -0.2) is 0 Å². The van der Waals surface area contributed by atoms with Crippen LogP contribution in [-0.4, -0.2) is 66.4 Å². The molecule has 0 amide bonds. The molecule has 36 heavy (non-hydrogen) atoms. The predicted octanol–water partition coefficient (Wildman–Crippen LogP) is 1.41. The summed E-state index contributed by atoms with van der Waals surface area (Å²) < 4.78 is 15.0. The SMILES string of the molecule is COc1c[c-]ccc1.COc1cccc(C(=O)C(=O)c2cccc(OC)c2)c1.O=C(Cl)C(=O)Cl.[Br-].[Mg+2]. The van der Waals surface area contributed by atoms with Crippen LogP contribution >= 0.6 is 23.2 Å². The minimum Gasteiger partial charge on any atom is -1.00 e. The first kappa shape index (κ1) is 35.7. The largest absolute Gasteiger partial charge is 2.00 e. The van der Waals surface area contributed by atoms with Crippen molar-refractivity contribution >= 4 is 68.3 Å². The third-order valence-electron chi connectivity index (χ3n) is 3.94. The Morgan fingerprint density at radius 1 is 0.667 bits per heavy atom. The van der Waals surface area contributed by atoms with Crippen molar-refractivity contribution in [3.05, 3.63) is 90.0 Å². The Kier molecular flexibility index (Phi) is 19.6. The molecule has 3 aromatic carbocycles. The van der Waals surface area contributed by atoms with E-state index in [1.807, 2.05) is 18.2 Å². The third kappa shape index (κ3) is 13.0. The summed E-state index contributed by atoms with van der Waals surface area (Å²) in [5, 5.41) is -2.28. The van der Waals surface area contributed by atoms with E-state index in [2.05, 4.69) is 29.3 Å². The second-order valence-electron chi connectivity index (χ2n) is 6.11. The fourth-order valence-corrected chi connectivity index (χ4v) is 2.29. The van der Waals surface area contributed by atoms with Crippen molar-refractivity contribution < 1.29 is 50.4 Å². The van der Waals surface area contributed by atoms with E-state index in [0.717, 1.165) is 5.75 Å². The van der Waals surface area contributed by atoms with Gasteiger partial charge in [0.2, 0.25) is 11.6 Å². The zero-order chi connectivity index (χ0) is 25.5. The van der Waals surface area contributed by atoms with Crippen LogP contribution in [0.25, 0.3) is 0 Å². The van der Waals surface area contributed by atoms with Crippen LogP contribution in [-0.2, 0) is 9.59 Å². The van der Waals surface area contributed by atoms with Gasteiger partial charge in [-0.3, -0.25) is 19.2 Å². The van der Waals surface area contributed by atoms with Crippen molar-refractivity contribution in [2.45, 2.75) is 0 Å². The summed E-state index contributed by atoms with van der Waals surface area (Å²) >= 11 is 8.98. The van der Waals surface area contributed by atoms with Crippen LogP contribution in [0.3, 0.4) is 0 Å². The first-order valence-corrected chi connectivity index (χ1v) is 10.3. The Bertz CT molecular complexity index is 1060. The van der Waals surface area contributed by atoms with E-state index >= 15 is 0 Å². The summed E-state index contributed by atoms with van der Waals surface area (Å²) in [6.07, 6.45) is 0. The Hall–Kier alpha value is -2.43. The fraction of sp³-hybridized carbons (Fsp3) is 0.120. The number of halogens is 3. The maximum atomic E-state index is 12.2. The topological polar surface area (TPSA) is 96.0 Å². The molecule has 0 aromatic heterocycles. The minimum absolute atomic E-state index is 0. The Morgan fingerprint density at radius 3 is 1.33 bits per heavy atom. The fourth-order valence-electron chi connectivity index (χ4n) is 2.29. The molecule has 3 aromatic rings. The van der Waals surface area contributed by atoms with Crippen LogP contribution in [0.1, 0.15) is 20.7 Å². The Morgan fingerprint density at radius 2 is 1.06 bits per heavy atom. The number of benzene rings is 3. The zero-order valence-corrected chi connectivity index (χ0v) is 24.1. The smallest absolute Gasteiger partial charge is 1.00 e. The molecular weight excluding hydrogens is 587 g/mol. The number of ketones is 2. The maximum absolute atomic E-state index is 12.2. The van der Waals surface area contributed by atoms with Gasteiger partial charge >= 0.3 is 33.5 Å². The zero-order valence-electron chi connectivity index (χ0n) is 19.6. The van der Waals surface area contributed by atoms with E-state index in [1.54, 1.807) is 61.7 Å². The van der Waals surface area contributed by atoms with Gasteiger partial charge in [-0.1, -0.05) is 24.3 Å². The molecule has 0 heterocycles. The number of hydrogen-bond donors (Lipinski definition) is 0. The van der Waals surface area contributed by atoms with E-state index in [1.165, 1.54) is 14.2 Å². The summed E-state index contributed by atoms with van der Waals surface area (Å²) in [6, 6.07) is 23.3. The summed E-state index contributed by atoms with van der Waals surface area (Å²) in [5.41, 5.74) is 0.606. The van der Waals surface area contributed by atoms with Gasteiger partial charge in [0.1, 0.15) is 11.5 Å². The van der Waals surface area contributed by atoms with E-state index in [9.17, 15) is 19.2 Å². The number of carbonyl (C=O) groups excluding carboxylic acids is 4. The molecule has 0 saturated heterocycles. The molecule has 186 valence electrons. The predicted molar refractivity (Wildman–Crippen MR) is 134 cm³/mol. The second kappa shape index (κ2) is 19.7. The van der Waals surface area contributed by atoms with E-state index in [4.69, 9.17) is 14.2 Å². The van der Waals surface area contributed by atoms with Gasteiger partial charge in [-0.15, -0.1) is 12.1 Å². The van der Waals surface area contributed by atoms with Crippen LogP contribution in [0.15, 0.2) is 72.8 Å². The second-order valence-corrected chi connectivity index (χ2v) is 6.80. The molecule has 0 atom stereocenters. The average Bonchev–Trinajstić information content (AvgIpc) is 2.89. The van der Waals surface area contributed by atoms with Crippen molar-refractivity contribution in [1.29, 1.82) is 0 Å². The summed E-state index contributed by atoms with van der Waals surface area (Å²) in [6.45, 7) is 0. The van der Waals surface area contributed by atoms with Crippen LogP contribution in [0.2, 0.25) is 0 Å². The van der Waals surface area contributed by atoms with Gasteiger partial charge in [0.25, 0.3) is 0 Å². The van der Waals surface area contributed by atoms with Gasteiger partial charge in [0.05, 0.1) is 21.3 Å². The molecule has 0 fully saturated rings. The summed E-state index contributed by atoms with van der Waals surface area (Å²) in [7, 11) is 4.66. The Balaban J connectivity index is 0. The monoisotopic (exact) mass is 606 g/mol. The average molecular weight is 609 g/mol. The quantitative estimate of drug-likeness (QED) is 0.132. The van der Waals surface area contributed by atoms with Gasteiger partial charge in [-0.05, 0) is 47.5 Å². The van der Waals surface area contributed by atoms with Crippen molar-refractivity contribution in [3.63, 3.8) is 0 Å². The molecular formula is C25H21BrCl2MgO7. The first-order valence-electron chi connectivity index (χ1n) is 9.50. The van der Waals surface area contributed by atoms with E-state index in [-0.39, 0.29) is 40.0 Å². The third-order valence-corrected chi connectivity index (χ3v) is 4.38. The van der Waals surface area contributed by atoms with Crippen molar-refractivity contribution in [1.82, 2.24) is 0 Å². The summed E-state index contributed by atoms with van der Waals surface area (Å²) in [4.78, 5) is 43.2. The van der Waals surface area contributed by atoms with Crippen LogP contribution in [0, 0.1) is 6.07 Å². The van der Waals surface area contributed by atoms with E-state index in [0.29, 0.717) is 22.6 Å². The molecule has 7 nitrogen and oxygen atoms in total. The number of methoxy groups -OCH3 is 3. The molecule has 0 bridgehead atoms. The van der Waals surface area contributed by atoms with Crippen LogP contribution in [0.5, 0.6) is 17.2 Å². The van der Waals surface area contributed by atoms with Gasteiger partial charge < -0.3 is 31.2 Å². The number of Topliss-reactive ketones (excluding diaryl/α,β-unsaturated/α-hetero) is 2. The molecule has 0 aliphatic heterocycles. The molecule has 0 aliphatic carbocycles. The van der Waals surface area contributed by atoms with Crippen molar-refractivity contribution in [2.75, 3.05) is 21.3 Å². The molecule has 0 spiro atoms. The molecule has 0 radical (unpaired) electrons. The molecule has 3 rings (SSSR count). The van der Waals surface area contributed by atoms with Gasteiger partial charge in [0.15, 0.2) is 0 Å². The standard InChI is InChI=1S/C16H14O4.C7H7O.C2Cl2O2.BrH.Mg/c1-19-13-7-3-5-11(9-13)15(17)16(18)12-6-4-8-14(10-12)20-2;1-8-7-5-3-2-4-6-7;3-1(5)2(4)6;;/h3-10H,1-2H3;2-3,5-6H,1H3;;1H;/q;-1;;;+2/p-1. The van der Waals surface area contributed by atoms with Crippen LogP contribution < -0.4 is 31.2 Å². The minimum atomic E-state index is -1.14. The normalized spacial score (nSPS) is 8.69. The molecule has 0 aliphatic rings. The summed E-state index contributed by atoms with van der Waals surface area (Å²) in [5.74, 6) is 0.783. The van der Waals surface area contributed by atoms with Crippen molar-refractivity contribution in [3.8, 4) is 17.2 Å². The molecule has 11 heteroatoms. The first-order chi connectivity index (χ1) is 16.2. The van der Waals surface area contributed by atoms with Gasteiger partial charge in [0, 0.05) is 16.9 Å². The van der Waals surface area contributed by atoms with Crippen molar-refractivity contribution in [2.24, 2.45) is 0 Å². The molecule has 0 N–H and O–H groups in total. The Labute approximate surface area is 245 Å². The van der Waals surface area contributed by atoms with Crippen LogP contribution in [0.4, 0.5) is 0 Å². The molecule has 0 unspecified atom stereocenters. The maximum Gasteiger partial charge on any atom is 2.00 e. The number of ether oxygens (including phenoxy) is 3. The van der Waals surface area contributed by atoms with E-state index < -0.39 is 22.1 Å². The number of carbonyl (C=O) groups is 4. The number of hydrogen-bond acceptors (Lipinski definition) is 7. The van der Waals surface area contributed by atoms with Gasteiger partial charge in [-0.2, -0.15) is 18.2 Å².